The van der Waals surface area contributed by atoms with Gasteiger partial charge in [-0.05, 0) is 18.2 Å². The Morgan fingerprint density at radius 1 is 1.36 bits per heavy atom. The first-order chi connectivity index (χ1) is 5.47. The Balaban J connectivity index is 2.19. The maximum Gasteiger partial charge on any atom is 0.209 e. The summed E-state index contributed by atoms with van der Waals surface area (Å²) in [7, 11) is 0. The highest BCUT2D eigenvalue weighted by Gasteiger charge is 2.06. The molecule has 1 aliphatic rings. The van der Waals surface area contributed by atoms with Gasteiger partial charge in [0.05, 0.1) is 6.26 Å². The molecule has 1 unspecified atom stereocenters. The van der Waals surface area contributed by atoms with E-state index in [2.05, 4.69) is 5.10 Å². The molecule has 0 N–H and O–H groups in total. The fourth-order valence-electron chi connectivity index (χ4n) is 0.957. The molecule has 0 saturated carbocycles. The lowest BCUT2D eigenvalue weighted by Crippen LogP contribution is -2.09. The highest BCUT2D eigenvalue weighted by molar-refractivity contribution is 5.06. The Kier molecular flexibility index (Phi) is 1.48. The van der Waals surface area contributed by atoms with Crippen LogP contribution in [0.5, 0.6) is 0 Å². The smallest absolute Gasteiger partial charge is 0.209 e. The first kappa shape index (κ1) is 6.22. The first-order valence-corrected chi connectivity index (χ1v) is 3.45. The second kappa shape index (κ2) is 2.62. The molecule has 2 heterocycles. The predicted octanol–water partition coefficient (Wildman–Crippen LogP) is 1.48. The van der Waals surface area contributed by atoms with Crippen LogP contribution in [0.2, 0.25) is 0 Å². The van der Waals surface area contributed by atoms with Gasteiger partial charge in [0, 0.05) is 12.4 Å². The Morgan fingerprint density at radius 2 is 2.36 bits per heavy atom. The molecule has 0 radical (unpaired) electrons. The van der Waals surface area contributed by atoms with Gasteiger partial charge in [-0.2, -0.15) is 5.10 Å². The van der Waals surface area contributed by atoms with E-state index in [-0.39, 0.29) is 6.23 Å². The van der Waals surface area contributed by atoms with Gasteiger partial charge in [0.2, 0.25) is 6.23 Å². The number of aromatic nitrogens is 2. The molecule has 1 aromatic rings. The maximum absolute atomic E-state index is 5.26. The van der Waals surface area contributed by atoms with Crippen LogP contribution in [0.4, 0.5) is 0 Å². The van der Waals surface area contributed by atoms with Gasteiger partial charge in [-0.15, -0.1) is 0 Å². The van der Waals surface area contributed by atoms with Gasteiger partial charge in [0.25, 0.3) is 0 Å². The SMILES string of the molecule is C1=COC(n2cccn2)C=C1. The summed E-state index contributed by atoms with van der Waals surface area (Å²) >= 11 is 0. The molecule has 0 aliphatic carbocycles. The molecule has 1 aromatic heterocycles. The highest BCUT2D eigenvalue weighted by Crippen LogP contribution is 2.12. The molecule has 1 aliphatic heterocycles. The van der Waals surface area contributed by atoms with Crippen LogP contribution in [-0.4, -0.2) is 9.78 Å². The van der Waals surface area contributed by atoms with Gasteiger partial charge >= 0.3 is 0 Å². The van der Waals surface area contributed by atoms with Crippen LogP contribution in [0.3, 0.4) is 0 Å². The lowest BCUT2D eigenvalue weighted by atomic mass is 10.4. The summed E-state index contributed by atoms with van der Waals surface area (Å²) in [5, 5.41) is 4.05. The van der Waals surface area contributed by atoms with Gasteiger partial charge in [0.1, 0.15) is 0 Å². The van der Waals surface area contributed by atoms with E-state index in [9.17, 15) is 0 Å². The Morgan fingerprint density at radius 3 is 3.00 bits per heavy atom. The molecule has 0 spiro atoms. The topological polar surface area (TPSA) is 27.1 Å². The third-order valence-corrected chi connectivity index (χ3v) is 1.47. The van der Waals surface area contributed by atoms with E-state index in [0.29, 0.717) is 0 Å². The minimum atomic E-state index is -0.0741. The number of hydrogen-bond donors (Lipinski definition) is 0. The van der Waals surface area contributed by atoms with E-state index in [1.807, 2.05) is 30.5 Å². The predicted molar refractivity (Wildman–Crippen MR) is 40.6 cm³/mol. The Labute approximate surface area is 64.6 Å². The van der Waals surface area contributed by atoms with Crippen molar-refractivity contribution in [2.45, 2.75) is 6.23 Å². The van der Waals surface area contributed by atoms with Crippen molar-refractivity contribution in [3.05, 3.63) is 43.0 Å². The van der Waals surface area contributed by atoms with Crippen molar-refractivity contribution in [3.8, 4) is 0 Å². The van der Waals surface area contributed by atoms with Crippen LogP contribution in [0.25, 0.3) is 0 Å². The summed E-state index contributed by atoms with van der Waals surface area (Å²) in [4.78, 5) is 0. The van der Waals surface area contributed by atoms with Crippen molar-refractivity contribution in [2.24, 2.45) is 0 Å². The second-order valence-corrected chi connectivity index (χ2v) is 2.23. The summed E-state index contributed by atoms with van der Waals surface area (Å²) in [6, 6.07) is 1.87. The average molecular weight is 148 g/mol. The molecule has 3 nitrogen and oxygen atoms in total. The Bertz CT molecular complexity index is 274. The molecular weight excluding hydrogens is 140 g/mol. The molecular formula is C8H8N2O. The zero-order valence-electron chi connectivity index (χ0n) is 5.92. The standard InChI is InChI=1S/C8H8N2O/c1-2-7-11-8(4-1)10-6-3-5-9-10/h1-8H. The molecule has 0 bridgehead atoms. The Hall–Kier alpha value is -1.51. The fraction of sp³-hybridized carbons (Fsp3) is 0.125. The molecule has 0 amide bonds. The lowest BCUT2D eigenvalue weighted by Gasteiger charge is -2.14. The van der Waals surface area contributed by atoms with Crippen molar-refractivity contribution < 1.29 is 4.74 Å². The maximum atomic E-state index is 5.26. The van der Waals surface area contributed by atoms with Crippen LogP contribution < -0.4 is 0 Å². The molecule has 1 atom stereocenters. The summed E-state index contributed by atoms with van der Waals surface area (Å²) in [5.74, 6) is 0. The van der Waals surface area contributed by atoms with E-state index in [1.165, 1.54) is 0 Å². The van der Waals surface area contributed by atoms with Gasteiger partial charge in [-0.1, -0.05) is 6.08 Å². The molecule has 56 valence electrons. The molecule has 0 fully saturated rings. The number of rotatable bonds is 1. The third kappa shape index (κ3) is 1.17. The zero-order valence-corrected chi connectivity index (χ0v) is 5.92. The van der Waals surface area contributed by atoms with Crippen LogP contribution in [0.1, 0.15) is 6.23 Å². The van der Waals surface area contributed by atoms with Crippen molar-refractivity contribution in [1.29, 1.82) is 0 Å². The van der Waals surface area contributed by atoms with Gasteiger partial charge in [-0.25, -0.2) is 4.68 Å². The van der Waals surface area contributed by atoms with Crippen molar-refractivity contribution in [2.75, 3.05) is 0 Å². The minimum absolute atomic E-state index is 0.0741. The number of ether oxygens (including phenoxy) is 1. The molecule has 0 saturated heterocycles. The van der Waals surface area contributed by atoms with Gasteiger partial charge in [0.15, 0.2) is 0 Å². The quantitative estimate of drug-likeness (QED) is 0.603. The number of nitrogens with zero attached hydrogens (tertiary/aromatic N) is 2. The van der Waals surface area contributed by atoms with Crippen LogP contribution in [-0.2, 0) is 4.74 Å². The van der Waals surface area contributed by atoms with E-state index in [1.54, 1.807) is 17.1 Å². The first-order valence-electron chi connectivity index (χ1n) is 3.45. The van der Waals surface area contributed by atoms with Crippen LogP contribution in [0.15, 0.2) is 43.0 Å². The van der Waals surface area contributed by atoms with Crippen molar-refractivity contribution >= 4 is 0 Å². The largest absolute Gasteiger partial charge is 0.473 e. The molecule has 11 heavy (non-hydrogen) atoms. The van der Waals surface area contributed by atoms with Gasteiger partial charge in [-0.3, -0.25) is 0 Å². The van der Waals surface area contributed by atoms with Crippen molar-refractivity contribution in [3.63, 3.8) is 0 Å². The van der Waals surface area contributed by atoms with E-state index >= 15 is 0 Å². The van der Waals surface area contributed by atoms with Crippen LogP contribution >= 0.6 is 0 Å². The highest BCUT2D eigenvalue weighted by atomic mass is 16.5. The summed E-state index contributed by atoms with van der Waals surface area (Å²) in [6.45, 7) is 0. The summed E-state index contributed by atoms with van der Waals surface area (Å²) < 4.78 is 7.01. The molecule has 0 aromatic carbocycles. The van der Waals surface area contributed by atoms with Crippen LogP contribution in [0, 0.1) is 0 Å². The number of hydrogen-bond acceptors (Lipinski definition) is 2. The van der Waals surface area contributed by atoms with E-state index < -0.39 is 0 Å². The van der Waals surface area contributed by atoms with Gasteiger partial charge < -0.3 is 4.74 Å². The second-order valence-electron chi connectivity index (χ2n) is 2.23. The monoisotopic (exact) mass is 148 g/mol. The molecule has 3 heteroatoms. The van der Waals surface area contributed by atoms with E-state index in [4.69, 9.17) is 4.74 Å². The zero-order chi connectivity index (χ0) is 7.52. The minimum Gasteiger partial charge on any atom is -0.473 e. The average Bonchev–Trinajstić information content (AvgIpc) is 2.58. The lowest BCUT2D eigenvalue weighted by molar-refractivity contribution is 0.110. The van der Waals surface area contributed by atoms with Crippen molar-refractivity contribution in [1.82, 2.24) is 9.78 Å². The van der Waals surface area contributed by atoms with E-state index in [0.717, 1.165) is 0 Å². The summed E-state index contributed by atoms with van der Waals surface area (Å²) in [5.41, 5.74) is 0. The third-order valence-electron chi connectivity index (χ3n) is 1.47. The fourth-order valence-corrected chi connectivity index (χ4v) is 0.957. The normalized spacial score (nSPS) is 21.6. The number of allylic oxidation sites excluding steroid dienone is 2. The molecule has 2 rings (SSSR count). The summed E-state index contributed by atoms with van der Waals surface area (Å²) in [6.07, 6.45) is 10.9.